The molecule has 0 aromatic rings. The van der Waals surface area contributed by atoms with Crippen molar-refractivity contribution < 1.29 is 8.42 Å². The molecule has 13 heavy (non-hydrogen) atoms. The van der Waals surface area contributed by atoms with Gasteiger partial charge in [0.1, 0.15) is 0 Å². The largest absolute Gasteiger partial charge is 0.299 e. The van der Waals surface area contributed by atoms with E-state index in [2.05, 4.69) is 0 Å². The molecular weight excluding hydrogens is 210 g/mol. The van der Waals surface area contributed by atoms with E-state index in [0.29, 0.717) is 13.1 Å². The summed E-state index contributed by atoms with van der Waals surface area (Å²) in [7, 11) is 1.84. The lowest BCUT2D eigenvalue weighted by Gasteiger charge is -2.21. The van der Waals surface area contributed by atoms with Crippen LogP contribution in [-0.4, -0.2) is 25.8 Å². The van der Waals surface area contributed by atoms with Crippen molar-refractivity contribution in [3.63, 3.8) is 0 Å². The first-order chi connectivity index (χ1) is 6.02. The van der Waals surface area contributed by atoms with Gasteiger partial charge in [0.15, 0.2) is 0 Å². The normalized spacial score (nSPS) is 28.7. The highest BCUT2D eigenvalue weighted by Crippen LogP contribution is 2.46. The lowest BCUT2D eigenvalue weighted by Crippen LogP contribution is -2.27. The molecule has 2 fully saturated rings. The van der Waals surface area contributed by atoms with Gasteiger partial charge in [-0.15, -0.1) is 0 Å². The van der Waals surface area contributed by atoms with Gasteiger partial charge in [-0.2, -0.15) is 12.7 Å². The van der Waals surface area contributed by atoms with Crippen molar-refractivity contribution in [1.29, 1.82) is 0 Å². The predicted octanol–water partition coefficient (Wildman–Crippen LogP) is 1.74. The molecule has 1 heterocycles. The summed E-state index contributed by atoms with van der Waals surface area (Å²) < 4.78 is 23.5. The van der Waals surface area contributed by atoms with Crippen LogP contribution in [0.4, 0.5) is 0 Å². The summed E-state index contributed by atoms with van der Waals surface area (Å²) in [5.74, 6) is 0. The molecule has 0 radical (unpaired) electrons. The third kappa shape index (κ3) is 1.85. The monoisotopic (exact) mass is 223 g/mol. The maximum absolute atomic E-state index is 11.1. The van der Waals surface area contributed by atoms with Crippen LogP contribution in [0.1, 0.15) is 32.1 Å². The van der Waals surface area contributed by atoms with Crippen LogP contribution in [-0.2, 0) is 9.24 Å². The Labute approximate surface area is 83.6 Å². The Balaban J connectivity index is 2.09. The predicted molar refractivity (Wildman–Crippen MR) is 51.9 cm³/mol. The smallest absolute Gasteiger partial charge is 0.195 e. The van der Waals surface area contributed by atoms with Crippen molar-refractivity contribution in [3.05, 3.63) is 0 Å². The molecule has 1 spiro atoms. The van der Waals surface area contributed by atoms with Crippen molar-refractivity contribution in [1.82, 2.24) is 4.31 Å². The first kappa shape index (κ1) is 9.74. The molecule has 5 heteroatoms. The molecule has 1 aliphatic heterocycles. The van der Waals surface area contributed by atoms with Crippen LogP contribution in [0, 0.1) is 5.41 Å². The second-order valence-electron chi connectivity index (χ2n) is 4.23. The summed E-state index contributed by atoms with van der Waals surface area (Å²) in [5, 5.41) is 0. The summed E-state index contributed by atoms with van der Waals surface area (Å²) in [6.07, 6.45) is 5.84. The highest BCUT2D eigenvalue weighted by molar-refractivity contribution is 8.11. The van der Waals surface area contributed by atoms with E-state index in [0.717, 1.165) is 6.42 Å². The first-order valence-electron chi connectivity index (χ1n) is 4.72. The number of halogens is 1. The lowest BCUT2D eigenvalue weighted by atomic mass is 9.86. The third-order valence-electron chi connectivity index (χ3n) is 3.38. The molecule has 1 aliphatic carbocycles. The maximum atomic E-state index is 11.1. The van der Waals surface area contributed by atoms with Crippen LogP contribution < -0.4 is 0 Å². The molecule has 0 bridgehead atoms. The minimum atomic E-state index is -3.46. The molecule has 2 aliphatic rings. The Bertz CT molecular complexity index is 295. The fraction of sp³-hybridized carbons (Fsp3) is 1.00. The first-order valence-corrected chi connectivity index (χ1v) is 6.98. The van der Waals surface area contributed by atoms with Gasteiger partial charge >= 0.3 is 0 Å². The van der Waals surface area contributed by atoms with Gasteiger partial charge in [0.05, 0.1) is 0 Å². The summed E-state index contributed by atoms with van der Waals surface area (Å²) in [6.45, 7) is 1.27. The van der Waals surface area contributed by atoms with Crippen LogP contribution in [0.2, 0.25) is 0 Å². The average molecular weight is 224 g/mol. The second-order valence-corrected chi connectivity index (χ2v) is 6.74. The van der Waals surface area contributed by atoms with Gasteiger partial charge in [-0.05, 0) is 24.7 Å². The van der Waals surface area contributed by atoms with Crippen LogP contribution in [0.25, 0.3) is 0 Å². The van der Waals surface area contributed by atoms with E-state index in [9.17, 15) is 8.42 Å². The van der Waals surface area contributed by atoms with Crippen LogP contribution >= 0.6 is 10.7 Å². The Hall–Kier alpha value is 0.200. The molecule has 0 amide bonds. The van der Waals surface area contributed by atoms with Crippen molar-refractivity contribution in [2.45, 2.75) is 32.1 Å². The van der Waals surface area contributed by atoms with E-state index in [1.807, 2.05) is 0 Å². The number of rotatable bonds is 1. The van der Waals surface area contributed by atoms with Gasteiger partial charge in [0.2, 0.25) is 0 Å². The minimum Gasteiger partial charge on any atom is -0.195 e. The van der Waals surface area contributed by atoms with Gasteiger partial charge in [-0.25, -0.2) is 0 Å². The molecule has 0 N–H and O–H groups in total. The van der Waals surface area contributed by atoms with Gasteiger partial charge in [0, 0.05) is 23.8 Å². The van der Waals surface area contributed by atoms with Gasteiger partial charge < -0.3 is 0 Å². The zero-order valence-electron chi connectivity index (χ0n) is 7.50. The number of hydrogen-bond acceptors (Lipinski definition) is 2. The number of hydrogen-bond donors (Lipinski definition) is 0. The Morgan fingerprint density at radius 1 is 1.15 bits per heavy atom. The minimum absolute atomic E-state index is 0.280. The van der Waals surface area contributed by atoms with Crippen LogP contribution in [0.5, 0.6) is 0 Å². The quantitative estimate of drug-likeness (QED) is 0.635. The molecule has 0 atom stereocenters. The fourth-order valence-corrected chi connectivity index (χ4v) is 3.70. The third-order valence-corrected chi connectivity index (χ3v) is 4.89. The molecule has 0 unspecified atom stereocenters. The van der Waals surface area contributed by atoms with E-state index in [1.165, 1.54) is 30.0 Å². The fourth-order valence-electron chi connectivity index (χ4n) is 2.61. The Kier molecular flexibility index (Phi) is 2.33. The Morgan fingerprint density at radius 3 is 2.23 bits per heavy atom. The zero-order valence-corrected chi connectivity index (χ0v) is 9.07. The summed E-state index contributed by atoms with van der Waals surface area (Å²) in [4.78, 5) is 0. The summed E-state index contributed by atoms with van der Waals surface area (Å²) in [6, 6.07) is 0. The van der Waals surface area contributed by atoms with Crippen LogP contribution in [0.3, 0.4) is 0 Å². The molecule has 1 saturated carbocycles. The Morgan fingerprint density at radius 2 is 1.77 bits per heavy atom. The molecule has 3 nitrogen and oxygen atoms in total. The van der Waals surface area contributed by atoms with Gasteiger partial charge in [-0.3, -0.25) is 0 Å². The van der Waals surface area contributed by atoms with E-state index < -0.39 is 9.24 Å². The van der Waals surface area contributed by atoms with Crippen molar-refractivity contribution >= 4 is 19.9 Å². The highest BCUT2D eigenvalue weighted by atomic mass is 35.7. The summed E-state index contributed by atoms with van der Waals surface area (Å²) in [5.41, 5.74) is 0.280. The topological polar surface area (TPSA) is 37.4 Å². The molecule has 1 saturated heterocycles. The van der Waals surface area contributed by atoms with E-state index in [1.54, 1.807) is 0 Å². The van der Waals surface area contributed by atoms with E-state index >= 15 is 0 Å². The van der Waals surface area contributed by atoms with Gasteiger partial charge in [0.25, 0.3) is 9.24 Å². The molecule has 2 rings (SSSR count). The SMILES string of the molecule is O=S(=O)(Cl)N1CCC2(CCCC2)C1. The van der Waals surface area contributed by atoms with Crippen LogP contribution in [0.15, 0.2) is 0 Å². The zero-order chi connectivity index (χ0) is 9.53. The second kappa shape index (κ2) is 3.11. The molecule has 0 aromatic carbocycles. The lowest BCUT2D eigenvalue weighted by molar-refractivity contribution is 0.315. The van der Waals surface area contributed by atoms with Crippen molar-refractivity contribution in [3.8, 4) is 0 Å². The summed E-state index contributed by atoms with van der Waals surface area (Å²) >= 11 is 0. The molecule has 76 valence electrons. The number of nitrogens with zero attached hydrogens (tertiary/aromatic N) is 1. The molecule has 0 aromatic heterocycles. The average Bonchev–Trinajstić information content (AvgIpc) is 2.60. The van der Waals surface area contributed by atoms with Gasteiger partial charge in [-0.1, -0.05) is 12.8 Å². The van der Waals surface area contributed by atoms with Crippen molar-refractivity contribution in [2.24, 2.45) is 5.41 Å². The molecular formula is C8H14ClNO2S. The highest BCUT2D eigenvalue weighted by Gasteiger charge is 2.43. The maximum Gasteiger partial charge on any atom is 0.299 e. The van der Waals surface area contributed by atoms with Crippen molar-refractivity contribution in [2.75, 3.05) is 13.1 Å². The van der Waals surface area contributed by atoms with E-state index in [4.69, 9.17) is 10.7 Å². The van der Waals surface area contributed by atoms with E-state index in [-0.39, 0.29) is 5.41 Å². The standard InChI is InChI=1S/C8H14ClNO2S/c9-13(11,12)10-6-5-8(7-10)3-1-2-4-8/h1-7H2.